The van der Waals surface area contributed by atoms with E-state index in [1.807, 2.05) is 4.90 Å². The summed E-state index contributed by atoms with van der Waals surface area (Å²) in [6, 6.07) is 6.66. The molecule has 1 unspecified atom stereocenters. The Balaban J connectivity index is 1.69. The summed E-state index contributed by atoms with van der Waals surface area (Å²) < 4.78 is 19.8. The Labute approximate surface area is 154 Å². The van der Waals surface area contributed by atoms with Gasteiger partial charge >= 0.3 is 5.97 Å². The fourth-order valence-corrected chi connectivity index (χ4v) is 4.51. The van der Waals surface area contributed by atoms with Gasteiger partial charge in [0.25, 0.3) is 5.91 Å². The van der Waals surface area contributed by atoms with Crippen LogP contribution in [0.15, 0.2) is 24.3 Å². The smallest absolute Gasteiger partial charge is 0.317 e. The van der Waals surface area contributed by atoms with Crippen LogP contribution in [0.5, 0.6) is 0 Å². The zero-order valence-electron chi connectivity index (χ0n) is 15.5. The molecule has 26 heavy (non-hydrogen) atoms. The van der Waals surface area contributed by atoms with Crippen molar-refractivity contribution in [3.8, 4) is 0 Å². The predicted molar refractivity (Wildman–Crippen MR) is 97.1 cm³/mol. The predicted octanol–water partition coefficient (Wildman–Crippen LogP) is 3.97. The highest BCUT2D eigenvalue weighted by atomic mass is 19.1. The van der Waals surface area contributed by atoms with Crippen molar-refractivity contribution in [2.75, 3.05) is 13.2 Å². The van der Waals surface area contributed by atoms with Gasteiger partial charge in [0.15, 0.2) is 6.61 Å². The number of carbonyl (C=O) groups excluding carboxylic acids is 2. The highest BCUT2D eigenvalue weighted by molar-refractivity contribution is 5.87. The van der Waals surface area contributed by atoms with Gasteiger partial charge in [0.1, 0.15) is 5.82 Å². The molecule has 4 nitrogen and oxygen atoms in total. The molecule has 1 amide bonds. The number of piperidine rings is 1. The summed E-state index contributed by atoms with van der Waals surface area (Å²) in [5.74, 6) is -0.968. The molecule has 2 fully saturated rings. The molecule has 0 radical (unpaired) electrons. The molecule has 1 aliphatic carbocycles. The van der Waals surface area contributed by atoms with Crippen LogP contribution in [0.2, 0.25) is 0 Å². The first-order chi connectivity index (χ1) is 12.6. The average Bonchev–Trinajstić information content (AvgIpc) is 3.17. The minimum Gasteiger partial charge on any atom is -0.455 e. The second-order valence-corrected chi connectivity index (χ2v) is 7.49. The van der Waals surface area contributed by atoms with E-state index in [0.717, 1.165) is 45.1 Å². The number of likely N-dealkylation sites (tertiary alicyclic amines) is 1. The first-order valence-electron chi connectivity index (χ1n) is 9.80. The molecule has 1 atom stereocenters. The van der Waals surface area contributed by atoms with E-state index in [-0.39, 0.29) is 24.4 Å². The Kier molecular flexibility index (Phi) is 5.94. The van der Waals surface area contributed by atoms with Crippen LogP contribution >= 0.6 is 0 Å². The summed E-state index contributed by atoms with van der Waals surface area (Å²) >= 11 is 0. The zero-order chi connectivity index (χ0) is 18.6. The molecule has 2 aliphatic rings. The second kappa shape index (κ2) is 8.19. The number of rotatable bonds is 5. The molecule has 3 rings (SSSR count). The van der Waals surface area contributed by atoms with Crippen LogP contribution in [0.4, 0.5) is 4.39 Å². The van der Waals surface area contributed by atoms with Crippen molar-refractivity contribution < 1.29 is 18.7 Å². The molecule has 0 bridgehead atoms. The van der Waals surface area contributed by atoms with Gasteiger partial charge < -0.3 is 9.64 Å². The Bertz CT molecular complexity index is 654. The molecule has 1 aliphatic heterocycles. The number of esters is 1. The summed E-state index contributed by atoms with van der Waals surface area (Å²) in [7, 11) is 0. The highest BCUT2D eigenvalue weighted by Gasteiger charge is 2.46. The maximum atomic E-state index is 14.4. The van der Waals surface area contributed by atoms with Crippen LogP contribution in [-0.2, 0) is 19.7 Å². The number of halogens is 1. The number of hydrogen-bond donors (Lipinski definition) is 0. The summed E-state index contributed by atoms with van der Waals surface area (Å²) in [6.07, 6.45) is 6.93. The van der Waals surface area contributed by atoms with Gasteiger partial charge in [-0.25, -0.2) is 4.39 Å². The molecule has 1 saturated carbocycles. The lowest BCUT2D eigenvalue weighted by molar-refractivity contribution is -0.158. The Morgan fingerprint density at radius 2 is 1.92 bits per heavy atom. The molecule has 0 spiro atoms. The Morgan fingerprint density at radius 3 is 2.62 bits per heavy atom. The van der Waals surface area contributed by atoms with Crippen LogP contribution in [0.1, 0.15) is 63.9 Å². The number of hydrogen-bond acceptors (Lipinski definition) is 3. The normalized spacial score (nSPS) is 22.2. The third-order valence-electron chi connectivity index (χ3n) is 5.98. The Hall–Kier alpha value is -1.91. The first-order valence-corrected chi connectivity index (χ1v) is 9.80. The zero-order valence-corrected chi connectivity index (χ0v) is 15.5. The van der Waals surface area contributed by atoms with Crippen LogP contribution in [0.25, 0.3) is 0 Å². The lowest BCUT2D eigenvalue weighted by Gasteiger charge is -2.35. The van der Waals surface area contributed by atoms with Gasteiger partial charge in [-0.2, -0.15) is 0 Å². The van der Waals surface area contributed by atoms with Crippen molar-refractivity contribution in [1.82, 2.24) is 4.90 Å². The number of benzene rings is 1. The number of carbonyl (C=O) groups is 2. The average molecular weight is 361 g/mol. The minimum atomic E-state index is -0.947. The van der Waals surface area contributed by atoms with E-state index >= 15 is 0 Å². The molecule has 5 heteroatoms. The largest absolute Gasteiger partial charge is 0.455 e. The lowest BCUT2D eigenvalue weighted by Crippen LogP contribution is -2.46. The van der Waals surface area contributed by atoms with Crippen LogP contribution in [-0.4, -0.2) is 36.0 Å². The number of nitrogens with zero attached hydrogens (tertiary/aromatic N) is 1. The molecular formula is C21H28FNO3. The number of ether oxygens (including phenoxy) is 1. The minimum absolute atomic E-state index is 0.133. The van der Waals surface area contributed by atoms with E-state index in [2.05, 4.69) is 6.92 Å². The van der Waals surface area contributed by atoms with Gasteiger partial charge in [0, 0.05) is 18.2 Å². The van der Waals surface area contributed by atoms with E-state index in [4.69, 9.17) is 4.74 Å². The van der Waals surface area contributed by atoms with E-state index in [0.29, 0.717) is 18.4 Å². The Morgan fingerprint density at radius 1 is 1.19 bits per heavy atom. The first kappa shape index (κ1) is 18.9. The lowest BCUT2D eigenvalue weighted by atomic mass is 9.78. The standard InChI is InChI=1S/C21H28FNO3/c1-2-16-9-5-8-14-23(16)19(24)15-26-20(25)21(12-6-7-13-21)17-10-3-4-11-18(17)22/h3-4,10-11,16H,2,5-9,12-15H2,1H3. The van der Waals surface area contributed by atoms with Crippen molar-refractivity contribution >= 4 is 11.9 Å². The van der Waals surface area contributed by atoms with E-state index < -0.39 is 11.4 Å². The van der Waals surface area contributed by atoms with Crippen LogP contribution in [0.3, 0.4) is 0 Å². The van der Waals surface area contributed by atoms with Crippen molar-refractivity contribution in [3.63, 3.8) is 0 Å². The maximum Gasteiger partial charge on any atom is 0.317 e. The molecule has 1 saturated heterocycles. The van der Waals surface area contributed by atoms with E-state index in [1.54, 1.807) is 18.2 Å². The fraction of sp³-hybridized carbons (Fsp3) is 0.619. The summed E-state index contributed by atoms with van der Waals surface area (Å²) in [6.45, 7) is 2.56. The van der Waals surface area contributed by atoms with Crippen molar-refractivity contribution in [2.45, 2.75) is 69.7 Å². The van der Waals surface area contributed by atoms with Gasteiger partial charge in [-0.1, -0.05) is 38.0 Å². The fourth-order valence-electron chi connectivity index (χ4n) is 4.51. The third kappa shape index (κ3) is 3.62. The van der Waals surface area contributed by atoms with Gasteiger partial charge in [0.2, 0.25) is 0 Å². The van der Waals surface area contributed by atoms with Gasteiger partial charge in [-0.05, 0) is 44.6 Å². The summed E-state index contributed by atoms with van der Waals surface area (Å²) in [5.41, 5.74) is -0.545. The van der Waals surface area contributed by atoms with Crippen LogP contribution < -0.4 is 0 Å². The topological polar surface area (TPSA) is 46.6 Å². The monoisotopic (exact) mass is 361 g/mol. The van der Waals surface area contributed by atoms with E-state index in [9.17, 15) is 14.0 Å². The molecular weight excluding hydrogens is 333 g/mol. The molecule has 1 aromatic carbocycles. The second-order valence-electron chi connectivity index (χ2n) is 7.49. The molecule has 1 heterocycles. The number of amides is 1. The van der Waals surface area contributed by atoms with E-state index in [1.165, 1.54) is 6.07 Å². The summed E-state index contributed by atoms with van der Waals surface area (Å²) in [4.78, 5) is 27.3. The van der Waals surface area contributed by atoms with Crippen molar-refractivity contribution in [3.05, 3.63) is 35.6 Å². The molecule has 142 valence electrons. The highest BCUT2D eigenvalue weighted by Crippen LogP contribution is 2.43. The molecule has 1 aromatic rings. The molecule has 0 N–H and O–H groups in total. The van der Waals surface area contributed by atoms with Crippen LogP contribution in [0, 0.1) is 5.82 Å². The molecule has 0 aromatic heterocycles. The quantitative estimate of drug-likeness (QED) is 0.746. The maximum absolute atomic E-state index is 14.4. The SMILES string of the molecule is CCC1CCCCN1C(=O)COC(=O)C1(c2ccccc2F)CCCC1. The van der Waals surface area contributed by atoms with Gasteiger partial charge in [-0.3, -0.25) is 9.59 Å². The van der Waals surface area contributed by atoms with Gasteiger partial charge in [-0.15, -0.1) is 0 Å². The summed E-state index contributed by atoms with van der Waals surface area (Å²) in [5, 5.41) is 0. The third-order valence-corrected chi connectivity index (χ3v) is 5.98. The van der Waals surface area contributed by atoms with Crippen molar-refractivity contribution in [2.24, 2.45) is 0 Å². The van der Waals surface area contributed by atoms with Crippen molar-refractivity contribution in [1.29, 1.82) is 0 Å². The van der Waals surface area contributed by atoms with Gasteiger partial charge in [0.05, 0.1) is 5.41 Å².